The number of esters is 1. The summed E-state index contributed by atoms with van der Waals surface area (Å²) in [6, 6.07) is 5.97. The zero-order chi connectivity index (χ0) is 20.3. The van der Waals surface area contributed by atoms with Crippen molar-refractivity contribution in [3.05, 3.63) is 51.0 Å². The van der Waals surface area contributed by atoms with E-state index in [4.69, 9.17) is 10.5 Å². The number of ether oxygens (including phenoxy) is 1. The molecule has 2 N–H and O–H groups in total. The molecule has 0 aliphatic carbocycles. The molecule has 0 saturated heterocycles. The molecule has 28 heavy (non-hydrogen) atoms. The number of hydrogen-bond acceptors (Lipinski definition) is 10. The largest absolute Gasteiger partial charge is 0.462 e. The van der Waals surface area contributed by atoms with Crippen molar-refractivity contribution in [3.63, 3.8) is 0 Å². The third-order valence-corrected chi connectivity index (χ3v) is 4.80. The van der Waals surface area contributed by atoms with Gasteiger partial charge < -0.3 is 10.5 Å². The predicted octanol–water partition coefficient (Wildman–Crippen LogP) is 2.83. The van der Waals surface area contributed by atoms with Gasteiger partial charge >= 0.3 is 5.97 Å². The van der Waals surface area contributed by atoms with Crippen LogP contribution >= 0.6 is 11.3 Å². The number of nitro groups is 1. The van der Waals surface area contributed by atoms with Crippen LogP contribution in [-0.4, -0.2) is 40.7 Å². The first-order valence-corrected chi connectivity index (χ1v) is 8.96. The molecule has 0 unspecified atom stereocenters. The van der Waals surface area contributed by atoms with Crippen LogP contribution in [0.4, 0.5) is 17.3 Å². The molecule has 3 aromatic rings. The summed E-state index contributed by atoms with van der Waals surface area (Å²) in [6.45, 7) is 1.97. The second-order valence-electron chi connectivity index (χ2n) is 5.57. The molecule has 0 saturated carbocycles. The van der Waals surface area contributed by atoms with Gasteiger partial charge in [-0.3, -0.25) is 10.1 Å². The normalized spacial score (nSPS) is 11.1. The second kappa shape index (κ2) is 7.96. The molecule has 0 amide bonds. The fourth-order valence-corrected chi connectivity index (χ4v) is 3.24. The van der Waals surface area contributed by atoms with Crippen LogP contribution in [0, 0.1) is 10.1 Å². The number of nitrogens with zero attached hydrogens (tertiary/aromatic N) is 5. The summed E-state index contributed by atoms with van der Waals surface area (Å²) in [5.41, 5.74) is 6.99. The van der Waals surface area contributed by atoms with Crippen LogP contribution in [0.15, 0.2) is 35.6 Å². The Kier molecular flexibility index (Phi) is 5.45. The van der Waals surface area contributed by atoms with E-state index in [1.54, 1.807) is 26.1 Å². The second-order valence-corrected chi connectivity index (χ2v) is 6.57. The molecule has 10 nitrogen and oxygen atoms in total. The smallest absolute Gasteiger partial charge is 0.350 e. The van der Waals surface area contributed by atoms with E-state index in [9.17, 15) is 14.9 Å². The van der Waals surface area contributed by atoms with Crippen molar-refractivity contribution in [1.29, 1.82) is 0 Å². The van der Waals surface area contributed by atoms with E-state index < -0.39 is 10.9 Å². The number of hydrogen-bond donors (Lipinski definition) is 1. The minimum atomic E-state index is -0.492. The van der Waals surface area contributed by atoms with Crippen molar-refractivity contribution in [1.82, 2.24) is 9.97 Å². The number of nitrogens with two attached hydrogens (primary N) is 1. The summed E-state index contributed by atoms with van der Waals surface area (Å²) < 4.78 is 4.99. The summed E-state index contributed by atoms with van der Waals surface area (Å²) >= 11 is 1.13. The number of hydrazone groups is 1. The lowest BCUT2D eigenvalue weighted by Gasteiger charge is -2.09. The maximum absolute atomic E-state index is 12.0. The molecule has 0 spiro atoms. The molecule has 0 aliphatic rings. The quantitative estimate of drug-likeness (QED) is 0.289. The van der Waals surface area contributed by atoms with E-state index in [1.165, 1.54) is 29.6 Å². The molecular weight excluding hydrogens is 384 g/mol. The lowest BCUT2D eigenvalue weighted by atomic mass is 10.2. The highest BCUT2D eigenvalue weighted by atomic mass is 32.1. The van der Waals surface area contributed by atoms with Crippen LogP contribution in [0.2, 0.25) is 0 Å². The van der Waals surface area contributed by atoms with E-state index in [0.717, 1.165) is 11.3 Å². The lowest BCUT2D eigenvalue weighted by molar-refractivity contribution is -0.384. The van der Waals surface area contributed by atoms with Gasteiger partial charge in [-0.15, -0.1) is 11.3 Å². The van der Waals surface area contributed by atoms with Crippen molar-refractivity contribution in [2.45, 2.75) is 6.92 Å². The van der Waals surface area contributed by atoms with Crippen LogP contribution in [0.3, 0.4) is 0 Å². The Morgan fingerprint density at radius 2 is 2.14 bits per heavy atom. The van der Waals surface area contributed by atoms with E-state index >= 15 is 0 Å². The Bertz CT molecular complexity index is 1060. The monoisotopic (exact) mass is 400 g/mol. The molecular formula is C17H16N6O4S. The summed E-state index contributed by atoms with van der Waals surface area (Å²) in [6.07, 6.45) is 3.06. The van der Waals surface area contributed by atoms with Crippen molar-refractivity contribution in [2.24, 2.45) is 5.10 Å². The van der Waals surface area contributed by atoms with Gasteiger partial charge in [0.2, 0.25) is 5.95 Å². The Morgan fingerprint density at radius 3 is 2.79 bits per heavy atom. The van der Waals surface area contributed by atoms with Gasteiger partial charge in [0.1, 0.15) is 9.71 Å². The van der Waals surface area contributed by atoms with Crippen LogP contribution in [0.1, 0.15) is 22.2 Å². The van der Waals surface area contributed by atoms with Crippen molar-refractivity contribution < 1.29 is 14.5 Å². The van der Waals surface area contributed by atoms with Crippen LogP contribution < -0.4 is 10.7 Å². The Labute approximate surface area is 163 Å². The number of nitrogen functional groups attached to an aromatic ring is 1. The number of non-ortho nitro benzene ring substituents is 1. The highest BCUT2D eigenvalue weighted by Gasteiger charge is 2.19. The Balaban J connectivity index is 1.82. The van der Waals surface area contributed by atoms with E-state index in [-0.39, 0.29) is 12.3 Å². The molecule has 144 valence electrons. The highest BCUT2D eigenvalue weighted by molar-refractivity contribution is 7.21. The fourth-order valence-electron chi connectivity index (χ4n) is 2.29. The first-order valence-electron chi connectivity index (χ1n) is 8.15. The number of nitro benzene ring substituents is 1. The zero-order valence-electron chi connectivity index (χ0n) is 15.0. The zero-order valence-corrected chi connectivity index (χ0v) is 15.8. The average molecular weight is 400 g/mol. The predicted molar refractivity (Wildman–Crippen MR) is 107 cm³/mol. The molecule has 0 fully saturated rings. The number of benzene rings is 1. The molecule has 3 rings (SSSR count). The highest BCUT2D eigenvalue weighted by Crippen LogP contribution is 2.33. The van der Waals surface area contributed by atoms with Crippen molar-refractivity contribution in [2.75, 3.05) is 24.4 Å². The summed E-state index contributed by atoms with van der Waals surface area (Å²) in [7, 11) is 1.66. The Hall–Kier alpha value is -3.60. The molecule has 1 aromatic carbocycles. The number of anilines is 2. The topological polar surface area (TPSA) is 137 Å². The SMILES string of the molecule is CCOC(=O)c1sc2nc(N(C)/N=C/c3ccc([N+](=O)[O-])cc3)ncc2c1N. The van der Waals surface area contributed by atoms with Gasteiger partial charge in [0.15, 0.2) is 0 Å². The molecule has 0 aliphatic heterocycles. The third-order valence-electron chi connectivity index (χ3n) is 3.71. The Morgan fingerprint density at radius 1 is 1.43 bits per heavy atom. The lowest BCUT2D eigenvalue weighted by Crippen LogP contribution is -2.12. The summed E-state index contributed by atoms with van der Waals surface area (Å²) in [5.74, 6) is -0.184. The fraction of sp³-hybridized carbons (Fsp3) is 0.176. The van der Waals surface area contributed by atoms with Crippen molar-refractivity contribution >= 4 is 51.1 Å². The van der Waals surface area contributed by atoms with Crippen LogP contribution in [0.5, 0.6) is 0 Å². The minimum absolute atomic E-state index is 0.00646. The number of aromatic nitrogens is 2. The number of thiophene rings is 1. The number of rotatable bonds is 6. The van der Waals surface area contributed by atoms with Crippen molar-refractivity contribution in [3.8, 4) is 0 Å². The van der Waals surface area contributed by atoms with Gasteiger partial charge in [-0.25, -0.2) is 19.8 Å². The van der Waals surface area contributed by atoms with Gasteiger partial charge in [-0.1, -0.05) is 0 Å². The first kappa shape index (κ1) is 19.2. The van der Waals surface area contributed by atoms with Gasteiger partial charge in [-0.05, 0) is 24.6 Å². The number of carbonyl (C=O) groups is 1. The van der Waals surface area contributed by atoms with Gasteiger partial charge in [0.25, 0.3) is 5.69 Å². The number of carbonyl (C=O) groups excluding carboxylic acids is 1. The summed E-state index contributed by atoms with van der Waals surface area (Å²) in [4.78, 5) is 31.6. The maximum atomic E-state index is 12.0. The van der Waals surface area contributed by atoms with E-state index in [0.29, 0.717) is 32.3 Å². The molecule has 11 heteroatoms. The maximum Gasteiger partial charge on any atom is 0.350 e. The van der Waals surface area contributed by atoms with E-state index in [2.05, 4.69) is 15.1 Å². The first-order chi connectivity index (χ1) is 13.4. The molecule has 2 aromatic heterocycles. The van der Waals surface area contributed by atoms with Gasteiger partial charge in [-0.2, -0.15) is 5.10 Å². The third kappa shape index (κ3) is 3.88. The van der Waals surface area contributed by atoms with Gasteiger partial charge in [0.05, 0.1) is 28.8 Å². The van der Waals surface area contributed by atoms with E-state index in [1.807, 2.05) is 0 Å². The van der Waals surface area contributed by atoms with Crippen LogP contribution in [0.25, 0.3) is 10.2 Å². The summed E-state index contributed by atoms with van der Waals surface area (Å²) in [5, 5.41) is 16.9. The molecule has 0 atom stereocenters. The number of fused-ring (bicyclic) bond motifs is 1. The minimum Gasteiger partial charge on any atom is -0.462 e. The molecule has 0 bridgehead atoms. The van der Waals surface area contributed by atoms with Crippen LogP contribution in [-0.2, 0) is 4.74 Å². The molecule has 2 heterocycles. The average Bonchev–Trinajstić information content (AvgIpc) is 3.02. The molecule has 0 radical (unpaired) electrons. The van der Waals surface area contributed by atoms with Gasteiger partial charge in [0, 0.05) is 25.4 Å². The standard InChI is InChI=1S/C17H16N6O4S/c1-3-27-16(24)14-13(18)12-9-19-17(21-15(12)28-14)22(2)20-8-10-4-6-11(7-5-10)23(25)26/h4-9H,3,18H2,1-2H3/b20-8+.